The van der Waals surface area contributed by atoms with Crippen molar-refractivity contribution in [2.75, 3.05) is 50.6 Å². The topological polar surface area (TPSA) is 82.1 Å². The molecule has 7 heteroatoms. The molecule has 0 atom stereocenters. The summed E-state index contributed by atoms with van der Waals surface area (Å²) < 4.78 is 5.08. The number of amides is 1. The van der Waals surface area contributed by atoms with Crippen LogP contribution < -0.4 is 15.0 Å². The van der Waals surface area contributed by atoms with E-state index in [0.717, 1.165) is 31.9 Å². The van der Waals surface area contributed by atoms with E-state index < -0.39 is 5.97 Å². The van der Waals surface area contributed by atoms with Crippen LogP contribution in [0.4, 0.5) is 11.4 Å². The van der Waals surface area contributed by atoms with Gasteiger partial charge in [0.15, 0.2) is 0 Å². The summed E-state index contributed by atoms with van der Waals surface area (Å²) in [4.78, 5) is 28.6. The molecule has 0 saturated carbocycles. The lowest BCUT2D eigenvalue weighted by molar-refractivity contribution is 0.0698. The third kappa shape index (κ3) is 4.38. The highest BCUT2D eigenvalue weighted by Gasteiger charge is 2.19. The molecule has 1 aliphatic heterocycles. The van der Waals surface area contributed by atoms with E-state index in [1.807, 2.05) is 6.07 Å². The molecule has 2 aromatic rings. The first-order valence-corrected chi connectivity index (χ1v) is 8.74. The Balaban J connectivity index is 1.80. The van der Waals surface area contributed by atoms with Gasteiger partial charge in [-0.15, -0.1) is 0 Å². The van der Waals surface area contributed by atoms with Crippen LogP contribution in [0.25, 0.3) is 0 Å². The Morgan fingerprint density at radius 1 is 1.04 bits per heavy atom. The maximum absolute atomic E-state index is 12.5. The summed E-state index contributed by atoms with van der Waals surface area (Å²) >= 11 is 0. The highest BCUT2D eigenvalue weighted by Crippen LogP contribution is 2.25. The molecule has 0 bridgehead atoms. The van der Waals surface area contributed by atoms with Crippen molar-refractivity contribution in [3.8, 4) is 5.75 Å². The molecule has 27 heavy (non-hydrogen) atoms. The summed E-state index contributed by atoms with van der Waals surface area (Å²) in [6.45, 7) is 3.54. The number of carboxylic acid groups (broad SMARTS) is 1. The third-order valence-electron chi connectivity index (χ3n) is 4.70. The second-order valence-corrected chi connectivity index (χ2v) is 6.51. The van der Waals surface area contributed by atoms with E-state index in [4.69, 9.17) is 4.74 Å². The second kappa shape index (κ2) is 8.09. The van der Waals surface area contributed by atoms with Gasteiger partial charge in [-0.25, -0.2) is 4.79 Å². The van der Waals surface area contributed by atoms with Gasteiger partial charge in [0, 0.05) is 37.4 Å². The molecule has 0 aliphatic carbocycles. The van der Waals surface area contributed by atoms with Crippen LogP contribution in [-0.4, -0.2) is 62.2 Å². The normalized spacial score (nSPS) is 14.7. The number of likely N-dealkylation sites (N-methyl/N-ethyl adjacent to an activating group) is 1. The number of carboxylic acids is 1. The zero-order valence-electron chi connectivity index (χ0n) is 15.4. The van der Waals surface area contributed by atoms with Crippen molar-refractivity contribution < 1.29 is 19.4 Å². The Kier molecular flexibility index (Phi) is 5.61. The predicted octanol–water partition coefficient (Wildman–Crippen LogP) is 2.40. The number of methoxy groups -OCH3 is 1. The van der Waals surface area contributed by atoms with Crippen LogP contribution in [-0.2, 0) is 0 Å². The van der Waals surface area contributed by atoms with E-state index in [1.165, 1.54) is 0 Å². The Bertz CT molecular complexity index is 828. The number of hydrogen-bond acceptors (Lipinski definition) is 5. The number of carbonyl (C=O) groups excluding carboxylic acids is 1. The summed E-state index contributed by atoms with van der Waals surface area (Å²) in [6.07, 6.45) is 0. The molecule has 1 amide bonds. The van der Waals surface area contributed by atoms with Crippen molar-refractivity contribution in [1.82, 2.24) is 4.90 Å². The van der Waals surface area contributed by atoms with Crippen LogP contribution in [0.2, 0.25) is 0 Å². The van der Waals surface area contributed by atoms with Gasteiger partial charge < -0.3 is 25.0 Å². The fraction of sp³-hybridized carbons (Fsp3) is 0.300. The molecule has 1 fully saturated rings. The number of rotatable bonds is 5. The van der Waals surface area contributed by atoms with E-state index in [2.05, 4.69) is 22.2 Å². The van der Waals surface area contributed by atoms with Crippen molar-refractivity contribution >= 4 is 23.3 Å². The zero-order valence-corrected chi connectivity index (χ0v) is 15.4. The summed E-state index contributed by atoms with van der Waals surface area (Å²) in [7, 11) is 3.62. The first-order valence-electron chi connectivity index (χ1n) is 8.74. The van der Waals surface area contributed by atoms with E-state index in [1.54, 1.807) is 43.5 Å². The van der Waals surface area contributed by atoms with Gasteiger partial charge in [0.05, 0.1) is 18.4 Å². The number of nitrogens with one attached hydrogen (secondary N) is 1. The van der Waals surface area contributed by atoms with E-state index in [-0.39, 0.29) is 17.2 Å². The van der Waals surface area contributed by atoms with Crippen molar-refractivity contribution in [1.29, 1.82) is 0 Å². The molecule has 7 nitrogen and oxygen atoms in total. The van der Waals surface area contributed by atoms with Crippen molar-refractivity contribution in [2.45, 2.75) is 0 Å². The predicted molar refractivity (Wildman–Crippen MR) is 104 cm³/mol. The van der Waals surface area contributed by atoms with Crippen LogP contribution in [0.15, 0.2) is 42.5 Å². The van der Waals surface area contributed by atoms with Crippen molar-refractivity contribution in [3.63, 3.8) is 0 Å². The lowest BCUT2D eigenvalue weighted by Gasteiger charge is -2.34. The fourth-order valence-corrected chi connectivity index (χ4v) is 3.02. The van der Waals surface area contributed by atoms with Crippen molar-refractivity contribution in [2.24, 2.45) is 0 Å². The molecule has 0 unspecified atom stereocenters. The number of nitrogens with zero attached hydrogens (tertiary/aromatic N) is 2. The van der Waals surface area contributed by atoms with E-state index in [0.29, 0.717) is 11.3 Å². The van der Waals surface area contributed by atoms with Gasteiger partial charge in [-0.3, -0.25) is 4.79 Å². The van der Waals surface area contributed by atoms with Crippen molar-refractivity contribution in [3.05, 3.63) is 53.6 Å². The number of carbonyl (C=O) groups is 2. The first kappa shape index (κ1) is 18.7. The monoisotopic (exact) mass is 369 g/mol. The Labute approximate surface area is 158 Å². The van der Waals surface area contributed by atoms with Crippen LogP contribution in [0.1, 0.15) is 20.7 Å². The maximum Gasteiger partial charge on any atom is 0.337 e. The molecule has 0 radical (unpaired) electrons. The minimum absolute atomic E-state index is 0.0771. The Hall–Kier alpha value is -3.06. The number of benzene rings is 2. The highest BCUT2D eigenvalue weighted by atomic mass is 16.5. The number of piperazine rings is 1. The van der Waals surface area contributed by atoms with Gasteiger partial charge in [-0.1, -0.05) is 0 Å². The molecular formula is C20H23N3O4. The molecule has 1 saturated heterocycles. The maximum atomic E-state index is 12.5. The van der Waals surface area contributed by atoms with Gasteiger partial charge in [0.25, 0.3) is 5.91 Å². The molecular weight excluding hydrogens is 346 g/mol. The molecule has 0 spiro atoms. The van der Waals surface area contributed by atoms with E-state index >= 15 is 0 Å². The van der Waals surface area contributed by atoms with Gasteiger partial charge >= 0.3 is 5.97 Å². The number of aromatic carboxylic acids is 1. The highest BCUT2D eigenvalue weighted by molar-refractivity contribution is 6.08. The van der Waals surface area contributed by atoms with Gasteiger partial charge in [-0.05, 0) is 49.5 Å². The summed E-state index contributed by atoms with van der Waals surface area (Å²) in [5.41, 5.74) is 1.63. The first-order chi connectivity index (χ1) is 13.0. The lowest BCUT2D eigenvalue weighted by Crippen LogP contribution is -2.44. The SMILES string of the molecule is COc1ccc(C(=O)Nc2ccc(N3CCN(C)CC3)cc2C(=O)O)cc1. The number of hydrogen-bond donors (Lipinski definition) is 2. The smallest absolute Gasteiger partial charge is 0.337 e. The van der Waals surface area contributed by atoms with E-state index in [9.17, 15) is 14.7 Å². The Morgan fingerprint density at radius 2 is 1.70 bits per heavy atom. The second-order valence-electron chi connectivity index (χ2n) is 6.51. The minimum Gasteiger partial charge on any atom is -0.497 e. The molecule has 0 aromatic heterocycles. The molecule has 1 heterocycles. The molecule has 1 aliphatic rings. The summed E-state index contributed by atoms with van der Waals surface area (Å²) in [5, 5.41) is 12.3. The summed E-state index contributed by atoms with van der Waals surface area (Å²) in [6, 6.07) is 11.8. The Morgan fingerprint density at radius 3 is 2.30 bits per heavy atom. The van der Waals surface area contributed by atoms with Gasteiger partial charge in [0.2, 0.25) is 0 Å². The van der Waals surface area contributed by atoms with Crippen LogP contribution in [0.5, 0.6) is 5.75 Å². The molecule has 142 valence electrons. The number of anilines is 2. The van der Waals surface area contributed by atoms with Gasteiger partial charge in [-0.2, -0.15) is 0 Å². The molecule has 2 aromatic carbocycles. The van der Waals surface area contributed by atoms with Crippen LogP contribution >= 0.6 is 0 Å². The largest absolute Gasteiger partial charge is 0.497 e. The average Bonchev–Trinajstić information content (AvgIpc) is 2.69. The standard InChI is InChI=1S/C20H23N3O4/c1-22-9-11-23(12-10-22)15-5-8-18(17(13-15)20(25)26)21-19(24)14-3-6-16(27-2)7-4-14/h3-8,13H,9-12H2,1-2H3,(H,21,24)(H,25,26). The van der Waals surface area contributed by atoms with Crippen LogP contribution in [0.3, 0.4) is 0 Å². The molecule has 2 N–H and O–H groups in total. The third-order valence-corrected chi connectivity index (χ3v) is 4.70. The quantitative estimate of drug-likeness (QED) is 0.842. The fourth-order valence-electron chi connectivity index (χ4n) is 3.02. The molecule has 3 rings (SSSR count). The number of ether oxygens (including phenoxy) is 1. The van der Waals surface area contributed by atoms with Gasteiger partial charge in [0.1, 0.15) is 5.75 Å². The zero-order chi connectivity index (χ0) is 19.4. The minimum atomic E-state index is -1.07. The van der Waals surface area contributed by atoms with Crippen LogP contribution in [0, 0.1) is 0 Å². The summed E-state index contributed by atoms with van der Waals surface area (Å²) in [5.74, 6) is -0.794. The lowest BCUT2D eigenvalue weighted by atomic mass is 10.1. The average molecular weight is 369 g/mol.